The zero-order valence-corrected chi connectivity index (χ0v) is 10.1. The summed E-state index contributed by atoms with van der Waals surface area (Å²) in [6.07, 6.45) is 1.28. The third-order valence-corrected chi connectivity index (χ3v) is 4.52. The van der Waals surface area contributed by atoms with Crippen molar-refractivity contribution in [3.63, 3.8) is 0 Å². The Bertz CT molecular complexity index is 469. The normalized spacial score (nSPS) is 23.5. The second kappa shape index (κ2) is 4.11. The molecule has 0 amide bonds. The predicted octanol–water partition coefficient (Wildman–Crippen LogP) is -1.20. The van der Waals surface area contributed by atoms with E-state index in [1.165, 1.54) is 15.2 Å². The zero-order chi connectivity index (χ0) is 11.8. The van der Waals surface area contributed by atoms with Crippen LogP contribution in [0.3, 0.4) is 0 Å². The first-order valence-corrected chi connectivity index (χ1v) is 6.54. The van der Waals surface area contributed by atoms with Crippen LogP contribution in [0.25, 0.3) is 0 Å². The van der Waals surface area contributed by atoms with Gasteiger partial charge in [0.15, 0.2) is 5.03 Å². The number of hydrogen-bond acceptors (Lipinski definition) is 5. The number of sulfonamides is 1. The van der Waals surface area contributed by atoms with Crippen LogP contribution in [0.2, 0.25) is 0 Å². The summed E-state index contributed by atoms with van der Waals surface area (Å²) in [6.45, 7) is 3.60. The summed E-state index contributed by atoms with van der Waals surface area (Å²) in [5.74, 6) is 0. The van der Waals surface area contributed by atoms with Crippen molar-refractivity contribution in [3.05, 3.63) is 6.20 Å². The van der Waals surface area contributed by atoms with E-state index in [1.54, 1.807) is 7.05 Å². The summed E-state index contributed by atoms with van der Waals surface area (Å²) in [5.41, 5.74) is 0. The second-order valence-electron chi connectivity index (χ2n) is 3.91. The van der Waals surface area contributed by atoms with Gasteiger partial charge in [-0.05, 0) is 6.92 Å². The predicted molar refractivity (Wildman–Crippen MR) is 57.2 cm³/mol. The van der Waals surface area contributed by atoms with Gasteiger partial charge in [0.1, 0.15) is 0 Å². The molecule has 0 unspecified atom stereocenters. The second-order valence-corrected chi connectivity index (χ2v) is 5.80. The largest absolute Gasteiger partial charge is 0.312 e. The van der Waals surface area contributed by atoms with Gasteiger partial charge in [0, 0.05) is 32.7 Å². The minimum atomic E-state index is -3.45. The Morgan fingerprint density at radius 3 is 2.88 bits per heavy atom. The van der Waals surface area contributed by atoms with Crippen LogP contribution >= 0.6 is 0 Å². The number of aryl methyl sites for hydroxylation is 1. The van der Waals surface area contributed by atoms with Crippen LogP contribution in [0, 0.1) is 0 Å². The number of piperazine rings is 1. The molecule has 1 saturated heterocycles. The average Bonchev–Trinajstić information content (AvgIpc) is 2.65. The van der Waals surface area contributed by atoms with E-state index < -0.39 is 10.0 Å². The molecule has 1 atom stereocenters. The van der Waals surface area contributed by atoms with Crippen molar-refractivity contribution in [3.8, 4) is 0 Å². The Morgan fingerprint density at radius 1 is 1.56 bits per heavy atom. The van der Waals surface area contributed by atoms with E-state index in [2.05, 4.69) is 15.6 Å². The number of nitrogens with one attached hydrogen (secondary N) is 1. The van der Waals surface area contributed by atoms with Gasteiger partial charge in [-0.15, -0.1) is 5.10 Å². The van der Waals surface area contributed by atoms with Gasteiger partial charge in [-0.1, -0.05) is 5.21 Å². The fraction of sp³-hybridized carbons (Fsp3) is 0.750. The van der Waals surface area contributed by atoms with Gasteiger partial charge in [-0.3, -0.25) is 0 Å². The number of nitrogens with zero attached hydrogens (tertiary/aromatic N) is 4. The summed E-state index contributed by atoms with van der Waals surface area (Å²) < 4.78 is 27.2. The molecule has 16 heavy (non-hydrogen) atoms. The van der Waals surface area contributed by atoms with Crippen molar-refractivity contribution >= 4 is 10.0 Å². The molecule has 0 aliphatic carbocycles. The topological polar surface area (TPSA) is 80.1 Å². The number of hydrogen-bond donors (Lipinski definition) is 1. The molecule has 2 rings (SSSR count). The highest BCUT2D eigenvalue weighted by molar-refractivity contribution is 7.89. The summed E-state index contributed by atoms with van der Waals surface area (Å²) >= 11 is 0. The molecule has 90 valence electrons. The first-order chi connectivity index (χ1) is 7.51. The Kier molecular flexibility index (Phi) is 2.96. The quantitative estimate of drug-likeness (QED) is 0.708. The molecule has 0 saturated carbocycles. The average molecular weight is 245 g/mol. The smallest absolute Gasteiger partial charge is 0.261 e. The van der Waals surface area contributed by atoms with Crippen LogP contribution in [0.15, 0.2) is 11.2 Å². The highest BCUT2D eigenvalue weighted by atomic mass is 32.2. The SMILES string of the molecule is C[C@H]1CN(S(=O)(=O)c2cnnn2C)CCN1. The lowest BCUT2D eigenvalue weighted by atomic mass is 10.3. The molecular weight excluding hydrogens is 230 g/mol. The van der Waals surface area contributed by atoms with E-state index in [0.29, 0.717) is 19.6 Å². The summed E-state index contributed by atoms with van der Waals surface area (Å²) in [5, 5.41) is 10.6. The zero-order valence-electron chi connectivity index (χ0n) is 9.29. The van der Waals surface area contributed by atoms with Gasteiger partial charge in [0.05, 0.1) is 6.20 Å². The van der Waals surface area contributed by atoms with Crippen LogP contribution in [0.1, 0.15) is 6.92 Å². The highest BCUT2D eigenvalue weighted by Crippen LogP contribution is 2.14. The molecule has 1 aliphatic heterocycles. The fourth-order valence-electron chi connectivity index (χ4n) is 1.76. The van der Waals surface area contributed by atoms with Crippen LogP contribution < -0.4 is 5.32 Å². The van der Waals surface area contributed by atoms with E-state index in [0.717, 1.165) is 0 Å². The molecule has 0 aromatic carbocycles. The molecule has 2 heterocycles. The first-order valence-electron chi connectivity index (χ1n) is 5.10. The van der Waals surface area contributed by atoms with Crippen molar-refractivity contribution in [2.75, 3.05) is 19.6 Å². The Labute approximate surface area is 94.5 Å². The van der Waals surface area contributed by atoms with Crippen molar-refractivity contribution in [1.82, 2.24) is 24.6 Å². The van der Waals surface area contributed by atoms with Crippen LogP contribution in [-0.2, 0) is 17.1 Å². The van der Waals surface area contributed by atoms with Gasteiger partial charge >= 0.3 is 0 Å². The monoisotopic (exact) mass is 245 g/mol. The number of aromatic nitrogens is 3. The summed E-state index contributed by atoms with van der Waals surface area (Å²) in [6, 6.07) is 0.171. The lowest BCUT2D eigenvalue weighted by molar-refractivity contribution is 0.308. The first kappa shape index (κ1) is 11.5. The van der Waals surface area contributed by atoms with Crippen LogP contribution in [0.5, 0.6) is 0 Å². The van der Waals surface area contributed by atoms with Crippen LogP contribution in [-0.4, -0.2) is 53.4 Å². The standard InChI is InChI=1S/C8H15N5O2S/c1-7-6-13(4-3-9-7)16(14,15)8-5-10-11-12(8)2/h5,7,9H,3-4,6H2,1-2H3/t7-/m0/s1. The Hall–Kier alpha value is -0.990. The third kappa shape index (κ3) is 1.95. The molecule has 7 nitrogen and oxygen atoms in total. The summed E-state index contributed by atoms with van der Waals surface area (Å²) in [7, 11) is -1.88. The maximum atomic E-state index is 12.2. The Morgan fingerprint density at radius 2 is 2.31 bits per heavy atom. The summed E-state index contributed by atoms with van der Waals surface area (Å²) in [4.78, 5) is 0. The molecule has 0 radical (unpaired) electrons. The molecule has 0 bridgehead atoms. The van der Waals surface area contributed by atoms with Gasteiger partial charge in [0.25, 0.3) is 10.0 Å². The Balaban J connectivity index is 2.29. The molecule has 1 aromatic heterocycles. The van der Waals surface area contributed by atoms with E-state index in [1.807, 2.05) is 6.92 Å². The van der Waals surface area contributed by atoms with E-state index >= 15 is 0 Å². The number of rotatable bonds is 2. The van der Waals surface area contributed by atoms with Crippen molar-refractivity contribution in [1.29, 1.82) is 0 Å². The lowest BCUT2D eigenvalue weighted by Gasteiger charge is -2.30. The maximum absolute atomic E-state index is 12.2. The molecule has 1 aliphatic rings. The van der Waals surface area contributed by atoms with Crippen molar-refractivity contribution < 1.29 is 8.42 Å². The van der Waals surface area contributed by atoms with Gasteiger partial charge < -0.3 is 5.32 Å². The van der Waals surface area contributed by atoms with E-state index in [-0.39, 0.29) is 11.1 Å². The molecule has 1 fully saturated rings. The maximum Gasteiger partial charge on any atom is 0.261 e. The van der Waals surface area contributed by atoms with Gasteiger partial charge in [-0.2, -0.15) is 4.31 Å². The van der Waals surface area contributed by atoms with Gasteiger partial charge in [-0.25, -0.2) is 13.1 Å². The minimum Gasteiger partial charge on any atom is -0.312 e. The van der Waals surface area contributed by atoms with Crippen LogP contribution in [0.4, 0.5) is 0 Å². The highest BCUT2D eigenvalue weighted by Gasteiger charge is 2.30. The molecule has 0 spiro atoms. The third-order valence-electron chi connectivity index (χ3n) is 2.61. The molecular formula is C8H15N5O2S. The van der Waals surface area contributed by atoms with Gasteiger partial charge in [0.2, 0.25) is 0 Å². The van der Waals surface area contributed by atoms with E-state index in [9.17, 15) is 8.42 Å². The lowest BCUT2D eigenvalue weighted by Crippen LogP contribution is -2.51. The van der Waals surface area contributed by atoms with Crippen molar-refractivity contribution in [2.24, 2.45) is 7.05 Å². The van der Waals surface area contributed by atoms with Crippen molar-refractivity contribution in [2.45, 2.75) is 18.0 Å². The van der Waals surface area contributed by atoms with E-state index in [4.69, 9.17) is 0 Å². The molecule has 1 aromatic rings. The minimum absolute atomic E-state index is 0.140. The fourth-order valence-corrected chi connectivity index (χ4v) is 3.33. The molecule has 8 heteroatoms. The molecule has 1 N–H and O–H groups in total.